The van der Waals surface area contributed by atoms with Crippen LogP contribution in [0, 0.1) is 5.82 Å². The number of hydrogen-bond donors (Lipinski definition) is 1. The molecule has 0 bridgehead atoms. The molecule has 1 N–H and O–H groups in total. The fourth-order valence-corrected chi connectivity index (χ4v) is 3.49. The van der Waals surface area contributed by atoms with Crippen molar-refractivity contribution in [1.82, 2.24) is 0 Å². The maximum absolute atomic E-state index is 13.3. The Labute approximate surface area is 144 Å². The summed E-state index contributed by atoms with van der Waals surface area (Å²) in [5.41, 5.74) is 1.49. The van der Waals surface area contributed by atoms with Crippen LogP contribution in [0.3, 0.4) is 0 Å². The summed E-state index contributed by atoms with van der Waals surface area (Å²) in [6.45, 7) is 2.96. The summed E-state index contributed by atoms with van der Waals surface area (Å²) in [4.78, 5) is 0. The largest absolute Gasteiger partial charge is 0.492 e. The highest BCUT2D eigenvalue weighted by atomic mass is 79.9. The van der Waals surface area contributed by atoms with Crippen molar-refractivity contribution in [2.75, 3.05) is 11.9 Å². The van der Waals surface area contributed by atoms with Gasteiger partial charge in [0.2, 0.25) is 0 Å². The minimum atomic E-state index is -0.331. The van der Waals surface area contributed by atoms with Gasteiger partial charge in [0.05, 0.1) is 21.8 Å². The van der Waals surface area contributed by atoms with Crippen LogP contribution in [-0.4, -0.2) is 6.61 Å². The van der Waals surface area contributed by atoms with Gasteiger partial charge in [-0.25, -0.2) is 4.39 Å². The molecule has 0 fully saturated rings. The van der Waals surface area contributed by atoms with Crippen molar-refractivity contribution < 1.29 is 9.13 Å². The normalized spacial score (nSPS) is 10.5. The van der Waals surface area contributed by atoms with Crippen LogP contribution in [0.1, 0.15) is 12.5 Å². The smallest absolute Gasteiger partial charge is 0.138 e. The number of nitrogens with one attached hydrogen (secondary N) is 1. The molecule has 0 atom stereocenters. The Hall–Kier alpha value is -0.780. The number of rotatable bonds is 5. The molecule has 21 heavy (non-hydrogen) atoms. The van der Waals surface area contributed by atoms with E-state index in [4.69, 9.17) is 16.3 Å². The highest BCUT2D eigenvalue weighted by Gasteiger charge is 2.11. The molecule has 2 aromatic rings. The molecule has 112 valence electrons. The van der Waals surface area contributed by atoms with Gasteiger partial charge in [0.1, 0.15) is 11.6 Å². The van der Waals surface area contributed by atoms with E-state index < -0.39 is 0 Å². The second kappa shape index (κ2) is 7.47. The van der Waals surface area contributed by atoms with E-state index in [0.717, 1.165) is 20.3 Å². The van der Waals surface area contributed by atoms with Crippen molar-refractivity contribution in [3.8, 4) is 5.75 Å². The third-order valence-electron chi connectivity index (χ3n) is 2.77. The third kappa shape index (κ3) is 4.34. The lowest BCUT2D eigenvalue weighted by Crippen LogP contribution is -2.04. The first-order valence-electron chi connectivity index (χ1n) is 6.31. The number of halogens is 4. The summed E-state index contributed by atoms with van der Waals surface area (Å²) in [6.07, 6.45) is 0. The van der Waals surface area contributed by atoms with E-state index in [1.165, 1.54) is 18.2 Å². The van der Waals surface area contributed by atoms with Crippen LogP contribution < -0.4 is 10.1 Å². The maximum Gasteiger partial charge on any atom is 0.138 e. The molecular formula is C15H13Br2ClFNO. The monoisotopic (exact) mass is 435 g/mol. The third-order valence-corrected chi connectivity index (χ3v) is 4.15. The summed E-state index contributed by atoms with van der Waals surface area (Å²) >= 11 is 13.0. The molecule has 0 spiro atoms. The zero-order valence-corrected chi connectivity index (χ0v) is 15.1. The molecule has 0 aliphatic heterocycles. The van der Waals surface area contributed by atoms with Gasteiger partial charge in [-0.15, -0.1) is 0 Å². The van der Waals surface area contributed by atoms with Crippen LogP contribution in [0.4, 0.5) is 10.1 Å². The molecule has 0 aromatic heterocycles. The van der Waals surface area contributed by atoms with E-state index in [1.54, 1.807) is 0 Å². The molecule has 0 radical (unpaired) electrons. The second-order valence-corrected chi connectivity index (χ2v) is 6.46. The maximum atomic E-state index is 13.3. The molecule has 2 rings (SSSR count). The van der Waals surface area contributed by atoms with E-state index in [-0.39, 0.29) is 5.82 Å². The molecule has 0 saturated carbocycles. The summed E-state index contributed by atoms with van der Waals surface area (Å²) in [5, 5.41) is 3.61. The summed E-state index contributed by atoms with van der Waals surface area (Å²) in [6, 6.07) is 8.10. The Kier molecular flexibility index (Phi) is 5.90. The topological polar surface area (TPSA) is 21.3 Å². The van der Waals surface area contributed by atoms with Gasteiger partial charge in [-0.3, -0.25) is 0 Å². The summed E-state index contributed by atoms with van der Waals surface area (Å²) in [5.74, 6) is 0.433. The second-order valence-electron chi connectivity index (χ2n) is 4.29. The number of benzene rings is 2. The highest BCUT2D eigenvalue weighted by Crippen LogP contribution is 2.34. The van der Waals surface area contributed by atoms with Crippen LogP contribution in [0.15, 0.2) is 39.3 Å². The van der Waals surface area contributed by atoms with Gasteiger partial charge in [-0.05, 0) is 53.2 Å². The van der Waals surface area contributed by atoms with Gasteiger partial charge in [-0.2, -0.15) is 0 Å². The minimum absolute atomic E-state index is 0.331. The number of hydrogen-bond acceptors (Lipinski definition) is 2. The van der Waals surface area contributed by atoms with Gasteiger partial charge in [0.15, 0.2) is 0 Å². The Balaban J connectivity index is 2.25. The van der Waals surface area contributed by atoms with Gasteiger partial charge >= 0.3 is 0 Å². The van der Waals surface area contributed by atoms with Gasteiger partial charge in [0.25, 0.3) is 0 Å². The fourth-order valence-electron chi connectivity index (χ4n) is 1.87. The van der Waals surface area contributed by atoms with Gasteiger partial charge < -0.3 is 10.1 Å². The fraction of sp³-hybridized carbons (Fsp3) is 0.200. The molecular weight excluding hydrogens is 424 g/mol. The van der Waals surface area contributed by atoms with Crippen molar-refractivity contribution in [3.05, 3.63) is 55.7 Å². The SMILES string of the molecule is CCOc1c(Br)cc(Br)cc1CNc1cc(F)ccc1Cl. The van der Waals surface area contributed by atoms with Crippen LogP contribution in [0.25, 0.3) is 0 Å². The first-order valence-corrected chi connectivity index (χ1v) is 8.27. The van der Waals surface area contributed by atoms with Crippen LogP contribution >= 0.6 is 43.5 Å². The van der Waals surface area contributed by atoms with Crippen molar-refractivity contribution in [2.45, 2.75) is 13.5 Å². The minimum Gasteiger partial charge on any atom is -0.492 e. The zero-order valence-electron chi connectivity index (χ0n) is 11.2. The first-order chi connectivity index (χ1) is 10.0. The average molecular weight is 438 g/mol. The van der Waals surface area contributed by atoms with E-state index in [0.29, 0.717) is 23.9 Å². The van der Waals surface area contributed by atoms with E-state index in [2.05, 4.69) is 37.2 Å². The van der Waals surface area contributed by atoms with E-state index >= 15 is 0 Å². The van der Waals surface area contributed by atoms with Crippen LogP contribution in [-0.2, 0) is 6.54 Å². The van der Waals surface area contributed by atoms with Crippen molar-refractivity contribution >= 4 is 49.1 Å². The summed E-state index contributed by atoms with van der Waals surface area (Å²) < 4.78 is 20.7. The molecule has 0 unspecified atom stereocenters. The van der Waals surface area contributed by atoms with Crippen molar-refractivity contribution in [3.63, 3.8) is 0 Å². The van der Waals surface area contributed by atoms with E-state index in [9.17, 15) is 4.39 Å². The predicted octanol–water partition coefficient (Wildman–Crippen LogP) is 6.01. The lowest BCUT2D eigenvalue weighted by Gasteiger charge is -2.15. The Bertz CT molecular complexity index is 652. The molecule has 2 aromatic carbocycles. The predicted molar refractivity (Wildman–Crippen MR) is 91.7 cm³/mol. The molecule has 0 aliphatic rings. The quantitative estimate of drug-likeness (QED) is 0.618. The highest BCUT2D eigenvalue weighted by molar-refractivity contribution is 9.11. The molecule has 0 saturated heterocycles. The van der Waals surface area contributed by atoms with Crippen molar-refractivity contribution in [1.29, 1.82) is 0 Å². The van der Waals surface area contributed by atoms with E-state index in [1.807, 2.05) is 19.1 Å². The molecule has 0 aliphatic carbocycles. The standard InChI is InChI=1S/C15H13Br2ClFNO/c1-2-21-15-9(5-10(16)6-12(15)17)8-20-14-7-11(19)3-4-13(14)18/h3-7,20H,2,8H2,1H3. The number of ether oxygens (including phenoxy) is 1. The average Bonchev–Trinajstić information content (AvgIpc) is 2.43. The zero-order chi connectivity index (χ0) is 15.4. The first kappa shape index (κ1) is 16.6. The molecule has 2 nitrogen and oxygen atoms in total. The molecule has 0 amide bonds. The Morgan fingerprint density at radius 2 is 2.00 bits per heavy atom. The van der Waals surface area contributed by atoms with Crippen LogP contribution in [0.2, 0.25) is 5.02 Å². The Morgan fingerprint density at radius 3 is 2.71 bits per heavy atom. The summed E-state index contributed by atoms with van der Waals surface area (Å²) in [7, 11) is 0. The Morgan fingerprint density at radius 1 is 1.24 bits per heavy atom. The molecule has 0 heterocycles. The van der Waals surface area contributed by atoms with Gasteiger partial charge in [-0.1, -0.05) is 27.5 Å². The number of anilines is 1. The molecule has 6 heteroatoms. The lowest BCUT2D eigenvalue weighted by atomic mass is 10.2. The van der Waals surface area contributed by atoms with Crippen molar-refractivity contribution in [2.24, 2.45) is 0 Å². The lowest BCUT2D eigenvalue weighted by molar-refractivity contribution is 0.334. The van der Waals surface area contributed by atoms with Gasteiger partial charge in [0, 0.05) is 16.6 Å². The van der Waals surface area contributed by atoms with Crippen LogP contribution in [0.5, 0.6) is 5.75 Å².